The molecule has 0 bridgehead atoms. The Balaban J connectivity index is 1.88. The second-order valence-electron chi connectivity index (χ2n) is 3.85. The standard InChI is InChI=1S/C12H17N5O/c1-3-13-6-10-4-5-11(7-14-10)18-8-12-15-9-16-17(12)2/h4-5,7,9,13H,3,6,8H2,1-2H3. The lowest BCUT2D eigenvalue weighted by atomic mass is 10.3. The number of hydrogen-bond acceptors (Lipinski definition) is 5. The predicted octanol–water partition coefficient (Wildman–Crippen LogP) is 0.899. The van der Waals surface area contributed by atoms with Crippen LogP contribution in [0.3, 0.4) is 0 Å². The van der Waals surface area contributed by atoms with Crippen molar-refractivity contribution in [1.29, 1.82) is 0 Å². The molecule has 0 amide bonds. The van der Waals surface area contributed by atoms with Gasteiger partial charge in [-0.15, -0.1) is 0 Å². The maximum atomic E-state index is 5.58. The molecule has 2 aromatic heterocycles. The molecule has 2 aromatic rings. The zero-order valence-corrected chi connectivity index (χ0v) is 10.6. The summed E-state index contributed by atoms with van der Waals surface area (Å²) >= 11 is 0. The van der Waals surface area contributed by atoms with Crippen LogP contribution < -0.4 is 10.1 Å². The minimum absolute atomic E-state index is 0.394. The number of hydrogen-bond donors (Lipinski definition) is 1. The normalized spacial score (nSPS) is 10.6. The monoisotopic (exact) mass is 247 g/mol. The van der Waals surface area contributed by atoms with Crippen LogP contribution in [0.25, 0.3) is 0 Å². The van der Waals surface area contributed by atoms with Crippen LogP contribution in [0, 0.1) is 0 Å². The Morgan fingerprint density at radius 3 is 2.83 bits per heavy atom. The summed E-state index contributed by atoms with van der Waals surface area (Å²) in [6, 6.07) is 3.87. The van der Waals surface area contributed by atoms with E-state index in [0.29, 0.717) is 6.61 Å². The fourth-order valence-electron chi connectivity index (χ4n) is 1.45. The van der Waals surface area contributed by atoms with E-state index in [0.717, 1.165) is 30.4 Å². The molecule has 6 nitrogen and oxygen atoms in total. The van der Waals surface area contributed by atoms with E-state index in [1.807, 2.05) is 19.2 Å². The lowest BCUT2D eigenvalue weighted by molar-refractivity contribution is 0.288. The van der Waals surface area contributed by atoms with Crippen LogP contribution in [0.1, 0.15) is 18.4 Å². The highest BCUT2D eigenvalue weighted by atomic mass is 16.5. The Morgan fingerprint density at radius 2 is 2.22 bits per heavy atom. The van der Waals surface area contributed by atoms with Crippen molar-refractivity contribution in [3.63, 3.8) is 0 Å². The van der Waals surface area contributed by atoms with E-state index in [1.54, 1.807) is 10.9 Å². The smallest absolute Gasteiger partial charge is 0.164 e. The third-order valence-electron chi connectivity index (χ3n) is 2.53. The van der Waals surface area contributed by atoms with Gasteiger partial charge in [0.2, 0.25) is 0 Å². The van der Waals surface area contributed by atoms with Crippen molar-refractivity contribution in [2.75, 3.05) is 6.54 Å². The lowest BCUT2D eigenvalue weighted by Crippen LogP contribution is -2.12. The number of rotatable bonds is 6. The Kier molecular flexibility index (Phi) is 4.25. The molecule has 0 saturated carbocycles. The van der Waals surface area contributed by atoms with E-state index in [4.69, 9.17) is 4.74 Å². The zero-order chi connectivity index (χ0) is 12.8. The van der Waals surface area contributed by atoms with Crippen molar-refractivity contribution in [2.24, 2.45) is 7.05 Å². The molecule has 1 N–H and O–H groups in total. The molecule has 0 atom stereocenters. The van der Waals surface area contributed by atoms with E-state index >= 15 is 0 Å². The minimum Gasteiger partial charge on any atom is -0.484 e. The second-order valence-corrected chi connectivity index (χ2v) is 3.85. The van der Waals surface area contributed by atoms with Crippen LogP contribution >= 0.6 is 0 Å². The quantitative estimate of drug-likeness (QED) is 0.821. The molecule has 0 spiro atoms. The van der Waals surface area contributed by atoms with Gasteiger partial charge >= 0.3 is 0 Å². The van der Waals surface area contributed by atoms with Gasteiger partial charge in [-0.1, -0.05) is 6.92 Å². The molecule has 6 heteroatoms. The van der Waals surface area contributed by atoms with Crippen molar-refractivity contribution in [3.05, 3.63) is 36.2 Å². The van der Waals surface area contributed by atoms with Gasteiger partial charge in [0.05, 0.1) is 11.9 Å². The topological polar surface area (TPSA) is 64.9 Å². The van der Waals surface area contributed by atoms with E-state index in [2.05, 4.69) is 27.3 Å². The average Bonchev–Trinajstić information content (AvgIpc) is 2.81. The fourth-order valence-corrected chi connectivity index (χ4v) is 1.45. The van der Waals surface area contributed by atoms with Gasteiger partial charge in [-0.05, 0) is 18.7 Å². The summed E-state index contributed by atoms with van der Waals surface area (Å²) in [5.74, 6) is 1.52. The van der Waals surface area contributed by atoms with Gasteiger partial charge in [-0.3, -0.25) is 9.67 Å². The molecule has 18 heavy (non-hydrogen) atoms. The molecular weight excluding hydrogens is 230 g/mol. The number of ether oxygens (including phenoxy) is 1. The minimum atomic E-state index is 0.394. The molecule has 0 aliphatic carbocycles. The summed E-state index contributed by atoms with van der Waals surface area (Å²) in [5.41, 5.74) is 1.00. The van der Waals surface area contributed by atoms with Crippen molar-refractivity contribution in [3.8, 4) is 5.75 Å². The number of aromatic nitrogens is 4. The van der Waals surface area contributed by atoms with Crippen LogP contribution in [-0.4, -0.2) is 26.3 Å². The summed E-state index contributed by atoms with van der Waals surface area (Å²) in [6.07, 6.45) is 3.24. The summed E-state index contributed by atoms with van der Waals surface area (Å²) < 4.78 is 7.27. The predicted molar refractivity (Wildman–Crippen MR) is 67.0 cm³/mol. The average molecular weight is 247 g/mol. The summed E-state index contributed by atoms with van der Waals surface area (Å²) in [4.78, 5) is 8.39. The van der Waals surface area contributed by atoms with E-state index in [1.165, 1.54) is 6.33 Å². The van der Waals surface area contributed by atoms with E-state index in [9.17, 15) is 0 Å². The van der Waals surface area contributed by atoms with E-state index in [-0.39, 0.29) is 0 Å². The van der Waals surface area contributed by atoms with Crippen LogP contribution in [0.4, 0.5) is 0 Å². The number of pyridine rings is 1. The van der Waals surface area contributed by atoms with Gasteiger partial charge in [-0.2, -0.15) is 5.10 Å². The van der Waals surface area contributed by atoms with Crippen LogP contribution in [0.15, 0.2) is 24.7 Å². The Morgan fingerprint density at radius 1 is 1.33 bits per heavy atom. The van der Waals surface area contributed by atoms with Crippen molar-refractivity contribution in [1.82, 2.24) is 25.1 Å². The largest absolute Gasteiger partial charge is 0.484 e. The molecule has 2 heterocycles. The van der Waals surface area contributed by atoms with Crippen molar-refractivity contribution >= 4 is 0 Å². The molecule has 0 aromatic carbocycles. The Labute approximate surface area is 106 Å². The lowest BCUT2D eigenvalue weighted by Gasteiger charge is -2.06. The summed E-state index contributed by atoms with van der Waals surface area (Å²) in [6.45, 7) is 4.18. The highest BCUT2D eigenvalue weighted by molar-refractivity contribution is 5.19. The van der Waals surface area contributed by atoms with Crippen LogP contribution in [0.2, 0.25) is 0 Å². The third-order valence-corrected chi connectivity index (χ3v) is 2.53. The highest BCUT2D eigenvalue weighted by Crippen LogP contribution is 2.10. The highest BCUT2D eigenvalue weighted by Gasteiger charge is 2.02. The molecule has 0 radical (unpaired) electrons. The molecule has 0 aliphatic heterocycles. The van der Waals surface area contributed by atoms with Gasteiger partial charge in [0.1, 0.15) is 18.7 Å². The summed E-state index contributed by atoms with van der Waals surface area (Å²) in [5, 5.41) is 7.20. The van der Waals surface area contributed by atoms with Gasteiger partial charge in [0.15, 0.2) is 5.82 Å². The fraction of sp³-hybridized carbons (Fsp3) is 0.417. The van der Waals surface area contributed by atoms with Crippen LogP contribution in [-0.2, 0) is 20.2 Å². The zero-order valence-electron chi connectivity index (χ0n) is 10.6. The second kappa shape index (κ2) is 6.11. The van der Waals surface area contributed by atoms with Crippen molar-refractivity contribution < 1.29 is 4.74 Å². The molecule has 0 fully saturated rings. The van der Waals surface area contributed by atoms with Gasteiger partial charge < -0.3 is 10.1 Å². The molecule has 0 saturated heterocycles. The molecule has 2 rings (SSSR count). The number of nitrogens with one attached hydrogen (secondary N) is 1. The number of nitrogens with zero attached hydrogens (tertiary/aromatic N) is 4. The Hall–Kier alpha value is -1.95. The summed E-state index contributed by atoms with van der Waals surface area (Å²) in [7, 11) is 1.84. The molecular formula is C12H17N5O. The Bertz CT molecular complexity index is 479. The molecule has 0 unspecified atom stereocenters. The third kappa shape index (κ3) is 3.27. The first kappa shape index (κ1) is 12.5. The SMILES string of the molecule is CCNCc1ccc(OCc2ncnn2C)cn1. The first-order valence-electron chi connectivity index (χ1n) is 5.91. The maximum Gasteiger partial charge on any atom is 0.164 e. The van der Waals surface area contributed by atoms with Crippen molar-refractivity contribution in [2.45, 2.75) is 20.1 Å². The van der Waals surface area contributed by atoms with Gasteiger partial charge in [0, 0.05) is 13.6 Å². The number of aryl methyl sites for hydroxylation is 1. The molecule has 0 aliphatic rings. The van der Waals surface area contributed by atoms with Gasteiger partial charge in [0.25, 0.3) is 0 Å². The molecule has 96 valence electrons. The van der Waals surface area contributed by atoms with E-state index < -0.39 is 0 Å². The maximum absolute atomic E-state index is 5.58. The van der Waals surface area contributed by atoms with Crippen LogP contribution in [0.5, 0.6) is 5.75 Å². The first-order valence-corrected chi connectivity index (χ1v) is 5.91. The van der Waals surface area contributed by atoms with Gasteiger partial charge in [-0.25, -0.2) is 4.98 Å². The first-order chi connectivity index (χ1) is 8.79.